The van der Waals surface area contributed by atoms with Crippen molar-refractivity contribution in [2.75, 3.05) is 19.0 Å². The maximum Gasteiger partial charge on any atom is 0.145 e. The lowest BCUT2D eigenvalue weighted by atomic mass is 10.1. The molecule has 1 aromatic rings. The molecule has 1 N–H and O–H groups in total. The fourth-order valence-corrected chi connectivity index (χ4v) is 1.56. The van der Waals surface area contributed by atoms with Crippen LogP contribution in [0.5, 0.6) is 5.75 Å². The Balaban J connectivity index is -0.000000383. The molecule has 3 nitrogen and oxygen atoms in total. The predicted molar refractivity (Wildman–Crippen MR) is 100 cm³/mol. The molecule has 0 bridgehead atoms. The van der Waals surface area contributed by atoms with Crippen LogP contribution in [0.1, 0.15) is 66.9 Å². The van der Waals surface area contributed by atoms with Crippen molar-refractivity contribution in [2.24, 2.45) is 0 Å². The molecule has 0 fully saturated rings. The lowest BCUT2D eigenvalue weighted by Gasteiger charge is -2.14. The van der Waals surface area contributed by atoms with Gasteiger partial charge in [-0.3, -0.25) is 0 Å². The van der Waals surface area contributed by atoms with E-state index in [0.717, 1.165) is 37.2 Å². The van der Waals surface area contributed by atoms with Crippen molar-refractivity contribution >= 4 is 12.0 Å². The van der Waals surface area contributed by atoms with Crippen LogP contribution in [0, 0.1) is 0 Å². The zero-order valence-corrected chi connectivity index (χ0v) is 16.0. The van der Waals surface area contributed by atoms with Crippen LogP contribution in [0.2, 0.25) is 0 Å². The number of hydrogen-bond donors (Lipinski definition) is 1. The Bertz CT molecular complexity index is 338. The van der Waals surface area contributed by atoms with Crippen LogP contribution in [0.25, 0.3) is 0 Å². The first-order valence-electron chi connectivity index (χ1n) is 8.61. The van der Waals surface area contributed by atoms with E-state index >= 15 is 0 Å². The van der Waals surface area contributed by atoms with Crippen molar-refractivity contribution in [3.05, 3.63) is 23.8 Å². The zero-order chi connectivity index (χ0) is 17.8. The number of anilines is 1. The minimum atomic E-state index is 0.639. The highest BCUT2D eigenvalue weighted by Gasteiger charge is 2.06. The van der Waals surface area contributed by atoms with Crippen LogP contribution >= 0.6 is 0 Å². The molecule has 0 aromatic heterocycles. The number of aldehydes is 1. The van der Waals surface area contributed by atoms with E-state index in [4.69, 9.17) is 4.74 Å². The fourth-order valence-electron chi connectivity index (χ4n) is 1.56. The molecule has 130 valence electrons. The molecule has 0 radical (unpaired) electrons. The number of nitrogens with one attached hydrogen (secondary N) is 1. The average molecular weight is 312 g/mol. The third-order valence-electron chi connectivity index (χ3n) is 2.34. The topological polar surface area (TPSA) is 38.3 Å². The first-order valence-corrected chi connectivity index (χ1v) is 8.61. The van der Waals surface area contributed by atoms with Gasteiger partial charge in [0.1, 0.15) is 12.0 Å². The number of rotatable bonds is 6. The van der Waals surface area contributed by atoms with E-state index < -0.39 is 0 Å². The molecule has 0 saturated carbocycles. The van der Waals surface area contributed by atoms with E-state index in [1.807, 2.05) is 54.7 Å². The normalized spacial score (nSPS) is 8.00. The van der Waals surface area contributed by atoms with Crippen molar-refractivity contribution in [3.63, 3.8) is 0 Å². The second kappa shape index (κ2) is 21.8. The van der Waals surface area contributed by atoms with Gasteiger partial charge in [0, 0.05) is 13.5 Å². The van der Waals surface area contributed by atoms with Gasteiger partial charge >= 0.3 is 0 Å². The SMILES string of the molecule is CC.CC.CCC=O.CCCc1cccc(NC)c1OCC. The average Bonchev–Trinajstić information content (AvgIpc) is 2.60. The summed E-state index contributed by atoms with van der Waals surface area (Å²) in [6, 6.07) is 6.25. The van der Waals surface area contributed by atoms with E-state index in [1.165, 1.54) is 5.56 Å². The second-order valence-corrected chi connectivity index (χ2v) is 3.80. The number of carbonyl (C=O) groups is 1. The maximum absolute atomic E-state index is 9.17. The summed E-state index contributed by atoms with van der Waals surface area (Å²) in [6.07, 6.45) is 3.73. The van der Waals surface area contributed by atoms with Crippen LogP contribution in [0.3, 0.4) is 0 Å². The molecule has 0 spiro atoms. The Morgan fingerprint density at radius 2 is 1.64 bits per heavy atom. The molecule has 0 heterocycles. The third-order valence-corrected chi connectivity index (χ3v) is 2.34. The van der Waals surface area contributed by atoms with E-state index in [0.29, 0.717) is 6.42 Å². The summed E-state index contributed by atoms with van der Waals surface area (Å²) >= 11 is 0. The predicted octanol–water partition coefficient (Wildman–Crippen LogP) is 5.73. The summed E-state index contributed by atoms with van der Waals surface area (Å²) in [5, 5.41) is 3.15. The largest absolute Gasteiger partial charge is 0.491 e. The molecule has 0 aliphatic carbocycles. The van der Waals surface area contributed by atoms with Crippen LogP contribution in [0.4, 0.5) is 5.69 Å². The van der Waals surface area contributed by atoms with Crippen molar-refractivity contribution in [3.8, 4) is 5.75 Å². The van der Waals surface area contributed by atoms with Crippen LogP contribution in [-0.4, -0.2) is 19.9 Å². The van der Waals surface area contributed by atoms with E-state index in [9.17, 15) is 4.79 Å². The highest BCUT2D eigenvalue weighted by molar-refractivity contribution is 5.59. The maximum atomic E-state index is 9.17. The highest BCUT2D eigenvalue weighted by Crippen LogP contribution is 2.29. The summed E-state index contributed by atoms with van der Waals surface area (Å²) in [6.45, 7) is 14.7. The van der Waals surface area contributed by atoms with Crippen molar-refractivity contribution < 1.29 is 9.53 Å². The van der Waals surface area contributed by atoms with Crippen LogP contribution in [-0.2, 0) is 11.2 Å². The fraction of sp³-hybridized carbons (Fsp3) is 0.632. The summed E-state index contributed by atoms with van der Waals surface area (Å²) in [4.78, 5) is 9.17. The molecule has 22 heavy (non-hydrogen) atoms. The molecule has 0 unspecified atom stereocenters. The van der Waals surface area contributed by atoms with E-state index in [1.54, 1.807) is 0 Å². The summed E-state index contributed by atoms with van der Waals surface area (Å²) < 4.78 is 5.65. The molecule has 0 aliphatic heterocycles. The standard InChI is InChI=1S/C12H19NO.C3H6O.2C2H6/c1-4-7-10-8-6-9-11(13-3)12(10)14-5-2;1-2-3-4;2*1-2/h6,8-9,13H,4-5,7H2,1-3H3;3H,2H2,1H3;2*1-2H3. The van der Waals surface area contributed by atoms with Crippen LogP contribution < -0.4 is 10.1 Å². The quantitative estimate of drug-likeness (QED) is 0.682. The first kappa shape index (κ1) is 25.4. The van der Waals surface area contributed by atoms with E-state index in [-0.39, 0.29) is 0 Å². The minimum Gasteiger partial charge on any atom is -0.491 e. The third kappa shape index (κ3) is 12.2. The lowest BCUT2D eigenvalue weighted by molar-refractivity contribution is -0.107. The molecular weight excluding hydrogens is 274 g/mol. The number of aryl methyl sites for hydroxylation is 1. The smallest absolute Gasteiger partial charge is 0.145 e. The molecule has 3 heteroatoms. The number of hydrogen-bond acceptors (Lipinski definition) is 3. The zero-order valence-electron chi connectivity index (χ0n) is 16.0. The van der Waals surface area contributed by atoms with Crippen molar-refractivity contribution in [1.82, 2.24) is 0 Å². The van der Waals surface area contributed by atoms with Crippen LogP contribution in [0.15, 0.2) is 18.2 Å². The molecule has 0 amide bonds. The van der Waals surface area contributed by atoms with Crippen molar-refractivity contribution in [2.45, 2.75) is 67.7 Å². The number of para-hydroxylation sites is 1. The number of carbonyl (C=O) groups excluding carboxylic acids is 1. The Kier molecular flexibility index (Phi) is 25.2. The van der Waals surface area contributed by atoms with E-state index in [2.05, 4.69) is 24.4 Å². The first-order chi connectivity index (χ1) is 10.7. The second-order valence-electron chi connectivity index (χ2n) is 3.80. The van der Waals surface area contributed by atoms with Gasteiger partial charge in [0.15, 0.2) is 0 Å². The molecule has 1 rings (SSSR count). The highest BCUT2D eigenvalue weighted by atomic mass is 16.5. The summed E-state index contributed by atoms with van der Waals surface area (Å²) in [5.74, 6) is 1.01. The molecule has 0 saturated heterocycles. The number of benzene rings is 1. The summed E-state index contributed by atoms with van der Waals surface area (Å²) in [7, 11) is 1.92. The Morgan fingerprint density at radius 1 is 1.09 bits per heavy atom. The minimum absolute atomic E-state index is 0.639. The Hall–Kier alpha value is -1.51. The molecule has 0 aliphatic rings. The van der Waals surface area contributed by atoms with Gasteiger partial charge in [-0.15, -0.1) is 0 Å². The molecule has 1 aromatic carbocycles. The van der Waals surface area contributed by atoms with Gasteiger partial charge in [-0.25, -0.2) is 0 Å². The van der Waals surface area contributed by atoms with Gasteiger partial charge in [0.2, 0.25) is 0 Å². The summed E-state index contributed by atoms with van der Waals surface area (Å²) in [5.41, 5.74) is 2.37. The van der Waals surface area contributed by atoms with Gasteiger partial charge in [-0.2, -0.15) is 0 Å². The monoisotopic (exact) mass is 311 g/mol. The molecule has 0 atom stereocenters. The van der Waals surface area contributed by atoms with Gasteiger partial charge < -0.3 is 14.8 Å². The lowest BCUT2D eigenvalue weighted by Crippen LogP contribution is -2.01. The van der Waals surface area contributed by atoms with Crippen molar-refractivity contribution in [1.29, 1.82) is 0 Å². The van der Waals surface area contributed by atoms with Gasteiger partial charge in [-0.05, 0) is 25.0 Å². The van der Waals surface area contributed by atoms with Gasteiger partial charge in [-0.1, -0.05) is 60.1 Å². The van der Waals surface area contributed by atoms with Gasteiger partial charge in [0.25, 0.3) is 0 Å². The number of ether oxygens (including phenoxy) is 1. The van der Waals surface area contributed by atoms with Gasteiger partial charge in [0.05, 0.1) is 12.3 Å². The molecular formula is C19H37NO2. The Labute approximate surface area is 138 Å². The Morgan fingerprint density at radius 3 is 2.00 bits per heavy atom.